The van der Waals surface area contributed by atoms with Gasteiger partial charge in [0.25, 0.3) is 0 Å². The summed E-state index contributed by atoms with van der Waals surface area (Å²) < 4.78 is 0. The minimum Gasteiger partial charge on any atom is -0.351 e. The molecule has 6 nitrogen and oxygen atoms in total. The third-order valence-corrected chi connectivity index (χ3v) is 4.44. The largest absolute Gasteiger partial charge is 0.351 e. The van der Waals surface area contributed by atoms with Crippen molar-refractivity contribution in [3.05, 3.63) is 23.2 Å². The fourth-order valence-corrected chi connectivity index (χ4v) is 2.99. The van der Waals surface area contributed by atoms with Crippen LogP contribution >= 0.6 is 23.4 Å². The van der Waals surface area contributed by atoms with Gasteiger partial charge in [0.15, 0.2) is 5.16 Å². The van der Waals surface area contributed by atoms with E-state index in [1.54, 1.807) is 18.2 Å². The number of imide groups is 1. The highest BCUT2D eigenvalue weighted by Crippen LogP contribution is 2.28. The van der Waals surface area contributed by atoms with Crippen molar-refractivity contribution >= 4 is 46.3 Å². The number of aromatic amines is 1. The van der Waals surface area contributed by atoms with Gasteiger partial charge < -0.3 is 10.7 Å². The van der Waals surface area contributed by atoms with Crippen molar-refractivity contribution < 1.29 is 9.59 Å². The molecular weight excluding hydrogens is 312 g/mol. The maximum Gasteiger partial charge on any atom is 0.318 e. The monoisotopic (exact) mass is 326 g/mol. The lowest BCUT2D eigenvalue weighted by Gasteiger charge is -2.17. The molecule has 112 valence electrons. The Hall–Kier alpha value is -1.73. The first kappa shape index (κ1) is 15.7. The van der Waals surface area contributed by atoms with Crippen molar-refractivity contribution in [3.63, 3.8) is 0 Å². The number of primary amides is 1. The number of imidazole rings is 1. The van der Waals surface area contributed by atoms with Crippen LogP contribution in [0.4, 0.5) is 4.79 Å². The van der Waals surface area contributed by atoms with Crippen LogP contribution in [-0.2, 0) is 4.79 Å². The average molecular weight is 327 g/mol. The fraction of sp³-hybridized carbons (Fsp3) is 0.308. The van der Waals surface area contributed by atoms with Crippen LogP contribution in [0.2, 0.25) is 5.02 Å². The molecule has 0 aliphatic carbocycles. The van der Waals surface area contributed by atoms with E-state index in [1.807, 2.05) is 13.8 Å². The van der Waals surface area contributed by atoms with Gasteiger partial charge in [0.05, 0.1) is 16.3 Å². The molecule has 21 heavy (non-hydrogen) atoms. The van der Waals surface area contributed by atoms with E-state index in [0.29, 0.717) is 10.2 Å². The molecule has 2 rings (SSSR count). The average Bonchev–Trinajstić information content (AvgIpc) is 2.76. The van der Waals surface area contributed by atoms with Crippen molar-refractivity contribution in [3.8, 4) is 0 Å². The summed E-state index contributed by atoms with van der Waals surface area (Å²) in [6.45, 7) is 3.77. The standard InChI is InChI=1S/C13H15ClN4O2S/c1-6(2)10(11(19)18-12(15)20)21-13-16-8-4-3-7(14)5-9(8)17-13/h3-6,10H,1-2H3,(H,16,17)(H3,15,18,19,20)/t10-/m1/s1. The number of hydrogen-bond donors (Lipinski definition) is 3. The van der Waals surface area contributed by atoms with Crippen LogP contribution < -0.4 is 11.1 Å². The fourth-order valence-electron chi connectivity index (χ4n) is 1.82. The zero-order chi connectivity index (χ0) is 15.6. The predicted octanol–water partition coefficient (Wildman–Crippen LogP) is 2.53. The molecule has 0 aliphatic heterocycles. The van der Waals surface area contributed by atoms with Gasteiger partial charge in [0.1, 0.15) is 0 Å². The number of nitrogens with one attached hydrogen (secondary N) is 2. The van der Waals surface area contributed by atoms with E-state index in [4.69, 9.17) is 17.3 Å². The number of thioether (sulfide) groups is 1. The van der Waals surface area contributed by atoms with Gasteiger partial charge in [-0.2, -0.15) is 0 Å². The molecular formula is C13H15ClN4O2S. The molecule has 0 aliphatic rings. The number of carbonyl (C=O) groups excluding carboxylic acids is 2. The Labute approximate surface area is 130 Å². The Kier molecular flexibility index (Phi) is 4.74. The van der Waals surface area contributed by atoms with E-state index in [-0.39, 0.29) is 5.92 Å². The van der Waals surface area contributed by atoms with Crippen LogP contribution in [-0.4, -0.2) is 27.2 Å². The van der Waals surface area contributed by atoms with Crippen LogP contribution in [0.3, 0.4) is 0 Å². The molecule has 0 saturated carbocycles. The number of aromatic nitrogens is 2. The molecule has 1 aromatic heterocycles. The number of urea groups is 1. The molecule has 1 aromatic carbocycles. The van der Waals surface area contributed by atoms with Crippen molar-refractivity contribution in [1.29, 1.82) is 0 Å². The van der Waals surface area contributed by atoms with E-state index < -0.39 is 17.2 Å². The van der Waals surface area contributed by atoms with Crippen molar-refractivity contribution in [2.75, 3.05) is 0 Å². The molecule has 1 atom stereocenters. The molecule has 1 heterocycles. The second-order valence-corrected chi connectivity index (χ2v) is 6.41. The van der Waals surface area contributed by atoms with Gasteiger partial charge in [0.2, 0.25) is 5.91 Å². The van der Waals surface area contributed by atoms with E-state index >= 15 is 0 Å². The normalized spacial score (nSPS) is 12.6. The number of halogens is 1. The predicted molar refractivity (Wildman–Crippen MR) is 83.3 cm³/mol. The third kappa shape index (κ3) is 3.89. The molecule has 3 amide bonds. The van der Waals surface area contributed by atoms with Gasteiger partial charge in [-0.3, -0.25) is 10.1 Å². The molecule has 0 unspecified atom stereocenters. The molecule has 0 spiro atoms. The number of nitrogens with zero attached hydrogens (tertiary/aromatic N) is 1. The van der Waals surface area contributed by atoms with Gasteiger partial charge in [-0.1, -0.05) is 37.2 Å². The number of H-pyrrole nitrogens is 1. The minimum atomic E-state index is -0.859. The summed E-state index contributed by atoms with van der Waals surface area (Å²) in [5.74, 6) is -0.424. The zero-order valence-electron chi connectivity index (χ0n) is 11.5. The number of fused-ring (bicyclic) bond motifs is 1. The van der Waals surface area contributed by atoms with Gasteiger partial charge in [-0.25, -0.2) is 9.78 Å². The number of amides is 3. The van der Waals surface area contributed by atoms with Crippen LogP contribution in [0.1, 0.15) is 13.8 Å². The number of hydrogen-bond acceptors (Lipinski definition) is 4. The van der Waals surface area contributed by atoms with E-state index in [0.717, 1.165) is 11.0 Å². The lowest BCUT2D eigenvalue weighted by atomic mass is 10.1. The molecule has 0 bridgehead atoms. The van der Waals surface area contributed by atoms with Gasteiger partial charge >= 0.3 is 6.03 Å². The smallest absolute Gasteiger partial charge is 0.318 e. The van der Waals surface area contributed by atoms with Crippen LogP contribution in [0, 0.1) is 5.92 Å². The number of carbonyl (C=O) groups is 2. The Morgan fingerprint density at radius 3 is 2.76 bits per heavy atom. The van der Waals surface area contributed by atoms with Crippen LogP contribution in [0.15, 0.2) is 23.4 Å². The van der Waals surface area contributed by atoms with E-state index in [9.17, 15) is 9.59 Å². The quantitative estimate of drug-likeness (QED) is 0.751. The summed E-state index contributed by atoms with van der Waals surface area (Å²) in [4.78, 5) is 30.3. The first-order valence-corrected chi connectivity index (χ1v) is 7.55. The summed E-state index contributed by atoms with van der Waals surface area (Å²) in [6.07, 6.45) is 0. The van der Waals surface area contributed by atoms with Crippen molar-refractivity contribution in [2.45, 2.75) is 24.3 Å². The Balaban J connectivity index is 2.22. The molecule has 0 saturated heterocycles. The lowest BCUT2D eigenvalue weighted by Crippen LogP contribution is -2.42. The first-order valence-electron chi connectivity index (χ1n) is 6.29. The van der Waals surface area contributed by atoms with Crippen LogP contribution in [0.5, 0.6) is 0 Å². The van der Waals surface area contributed by atoms with Gasteiger partial charge in [-0.05, 0) is 24.1 Å². The highest BCUT2D eigenvalue weighted by molar-refractivity contribution is 8.00. The summed E-state index contributed by atoms with van der Waals surface area (Å²) in [5.41, 5.74) is 6.54. The number of rotatable bonds is 4. The van der Waals surface area contributed by atoms with E-state index in [1.165, 1.54) is 11.8 Å². The first-order chi connectivity index (χ1) is 9.86. The molecule has 8 heteroatoms. The molecule has 4 N–H and O–H groups in total. The zero-order valence-corrected chi connectivity index (χ0v) is 13.1. The van der Waals surface area contributed by atoms with E-state index in [2.05, 4.69) is 15.3 Å². The summed E-state index contributed by atoms with van der Waals surface area (Å²) >= 11 is 7.17. The Morgan fingerprint density at radius 2 is 2.14 bits per heavy atom. The van der Waals surface area contributed by atoms with Crippen molar-refractivity contribution in [1.82, 2.24) is 15.3 Å². The summed E-state index contributed by atoms with van der Waals surface area (Å²) in [5, 5.41) is 2.82. The minimum absolute atomic E-state index is 0.00569. The second kappa shape index (κ2) is 6.36. The van der Waals surface area contributed by atoms with Crippen LogP contribution in [0.25, 0.3) is 11.0 Å². The highest BCUT2D eigenvalue weighted by atomic mass is 35.5. The summed E-state index contributed by atoms with van der Waals surface area (Å²) in [6, 6.07) is 4.45. The van der Waals surface area contributed by atoms with Gasteiger partial charge in [0, 0.05) is 5.02 Å². The molecule has 0 fully saturated rings. The molecule has 0 radical (unpaired) electrons. The Morgan fingerprint density at radius 1 is 1.43 bits per heavy atom. The Bertz CT molecular complexity index is 686. The van der Waals surface area contributed by atoms with Gasteiger partial charge in [-0.15, -0.1) is 0 Å². The second-order valence-electron chi connectivity index (χ2n) is 4.84. The topological polar surface area (TPSA) is 101 Å². The third-order valence-electron chi connectivity index (χ3n) is 2.77. The lowest BCUT2D eigenvalue weighted by molar-refractivity contribution is -0.120. The highest BCUT2D eigenvalue weighted by Gasteiger charge is 2.25. The maximum atomic E-state index is 12.0. The van der Waals surface area contributed by atoms with Crippen molar-refractivity contribution in [2.24, 2.45) is 11.7 Å². The summed E-state index contributed by atoms with van der Waals surface area (Å²) in [7, 11) is 0. The maximum absolute atomic E-state index is 12.0. The number of nitrogens with two attached hydrogens (primary N) is 1. The number of benzene rings is 1. The molecule has 2 aromatic rings. The SMILES string of the molecule is CC(C)[C@@H](Sc1nc2ccc(Cl)cc2[nH]1)C(=O)NC(N)=O.